The van der Waals surface area contributed by atoms with Crippen LogP contribution in [0.15, 0.2) is 328 Å². The van der Waals surface area contributed by atoms with Gasteiger partial charge in [0.2, 0.25) is 0 Å². The summed E-state index contributed by atoms with van der Waals surface area (Å²) in [7, 11) is 0. The maximum atomic E-state index is 9.71. The molecule has 99 heavy (non-hydrogen) atoms. The summed E-state index contributed by atoms with van der Waals surface area (Å²) in [6.45, 7) is 4.66. The normalized spacial score (nSPS) is 12.1. The van der Waals surface area contributed by atoms with Crippen LogP contribution in [0.2, 0.25) is 0 Å². The van der Waals surface area contributed by atoms with Crippen LogP contribution < -0.4 is 0 Å². The molecule has 0 saturated heterocycles. The van der Waals surface area contributed by atoms with Gasteiger partial charge in [-0.05, 0) is 205 Å². The fourth-order valence-electron chi connectivity index (χ4n) is 15.1. The zero-order chi connectivity index (χ0) is 67.1. The lowest BCUT2D eigenvalue weighted by atomic mass is 9.70. The van der Waals surface area contributed by atoms with Gasteiger partial charge in [0, 0.05) is 5.41 Å². The Kier molecular flexibility index (Phi) is 18.5. The van der Waals surface area contributed by atoms with E-state index in [1.807, 2.05) is 24.3 Å². The average molecular weight is 1280 g/mol. The van der Waals surface area contributed by atoms with E-state index < -0.39 is 0 Å². The molecule has 0 aromatic heterocycles. The van der Waals surface area contributed by atoms with E-state index in [4.69, 9.17) is 0 Å². The molecule has 0 fully saturated rings. The molecule has 0 unspecified atom stereocenters. The van der Waals surface area contributed by atoms with Gasteiger partial charge in [0.05, 0.1) is 0 Å². The van der Waals surface area contributed by atoms with Gasteiger partial charge in [-0.3, -0.25) is 0 Å². The Morgan fingerprint density at radius 3 is 0.505 bits per heavy atom. The van der Waals surface area contributed by atoms with Gasteiger partial charge >= 0.3 is 0 Å². The number of benzene rings is 14. The molecule has 14 aromatic rings. The number of hydrogen-bond acceptors (Lipinski definition) is 2. The highest BCUT2D eigenvalue weighted by atomic mass is 16.3. The van der Waals surface area contributed by atoms with Crippen molar-refractivity contribution in [3.05, 3.63) is 339 Å². The highest BCUT2D eigenvalue weighted by Crippen LogP contribution is 2.56. The lowest BCUT2D eigenvalue weighted by molar-refractivity contribution is 0.401. The number of rotatable bonds is 22. The van der Waals surface area contributed by atoms with Crippen LogP contribution in [0.3, 0.4) is 0 Å². The molecule has 0 saturated carbocycles. The standard InChI is InChI=1S/C97H82O2/c1-3-5-7-9-63-97(64-10-8-6-4-2)95-65-89(87-47-43-81(44-48-87)79-31-27-73(28-32-79)71-15-11-67(12-16-71)69-19-23-75(24-20-69)77-35-39-83(40-36-77)85-51-57-91(98)58-52-85)55-61-93(95)94-62-56-90(66-96(94)97)88-49-45-82(46-50-88)80-33-29-74(30-34-80)72-17-13-68(14-18-72)70-21-25-76(26-22-70)78-37-41-84(42-38-78)86-53-59-92(99)60-54-86/h11-62,65-66,98-99H,3-10,63-64H2,1-2H3. The summed E-state index contributed by atoms with van der Waals surface area (Å²) in [5.74, 6) is 0.557. The fraction of sp³-hybridized carbons (Fsp3) is 0.134. The van der Waals surface area contributed by atoms with Gasteiger partial charge < -0.3 is 10.2 Å². The number of fused-ring (bicyclic) bond motifs is 3. The van der Waals surface area contributed by atoms with Crippen molar-refractivity contribution in [1.82, 2.24) is 0 Å². The van der Waals surface area contributed by atoms with Crippen molar-refractivity contribution in [1.29, 1.82) is 0 Å². The van der Waals surface area contributed by atoms with Gasteiger partial charge in [0.15, 0.2) is 0 Å². The third-order valence-corrected chi connectivity index (χ3v) is 20.9. The summed E-state index contributed by atoms with van der Waals surface area (Å²) in [4.78, 5) is 0. The second-order valence-electron chi connectivity index (χ2n) is 27.1. The molecule has 0 spiro atoms. The molecule has 2 N–H and O–H groups in total. The van der Waals surface area contributed by atoms with Gasteiger partial charge in [0.1, 0.15) is 11.5 Å². The first-order chi connectivity index (χ1) is 48.7. The van der Waals surface area contributed by atoms with Crippen molar-refractivity contribution in [2.75, 3.05) is 0 Å². The summed E-state index contributed by atoms with van der Waals surface area (Å²) < 4.78 is 0. The third-order valence-electron chi connectivity index (χ3n) is 20.9. The van der Waals surface area contributed by atoms with Crippen LogP contribution in [0.4, 0.5) is 0 Å². The molecule has 1 aliphatic rings. The lowest BCUT2D eigenvalue weighted by Crippen LogP contribution is -2.25. The van der Waals surface area contributed by atoms with Crippen molar-refractivity contribution in [3.8, 4) is 156 Å². The van der Waals surface area contributed by atoms with Gasteiger partial charge in [-0.2, -0.15) is 0 Å². The molecule has 0 aliphatic heterocycles. The lowest BCUT2D eigenvalue weighted by Gasteiger charge is -2.33. The molecule has 0 radical (unpaired) electrons. The van der Waals surface area contributed by atoms with Crippen molar-refractivity contribution in [3.63, 3.8) is 0 Å². The van der Waals surface area contributed by atoms with E-state index in [0.29, 0.717) is 0 Å². The van der Waals surface area contributed by atoms with E-state index in [1.165, 1.54) is 185 Å². The second-order valence-corrected chi connectivity index (χ2v) is 27.1. The zero-order valence-corrected chi connectivity index (χ0v) is 56.6. The molecule has 482 valence electrons. The minimum absolute atomic E-state index is 0.0583. The first-order valence-electron chi connectivity index (χ1n) is 35.7. The predicted molar refractivity (Wildman–Crippen MR) is 419 cm³/mol. The van der Waals surface area contributed by atoms with Gasteiger partial charge in [0.25, 0.3) is 0 Å². The maximum absolute atomic E-state index is 9.71. The SMILES string of the molecule is CCCCCCC1(CCCCCC)c2cc(-c3ccc(-c4ccc(-c5ccc(-c6ccc(-c7ccc(-c8ccc(O)cc8)cc7)cc6)cc5)cc4)cc3)ccc2-c2ccc(-c3ccc(-c4ccc(-c5ccc(-c6ccc(-c7ccc(-c8ccc(O)cc8)cc7)cc6)cc5)cc4)cc3)cc21. The number of hydrogen-bond donors (Lipinski definition) is 2. The average Bonchev–Trinajstić information content (AvgIpc) is 1.56. The Balaban J connectivity index is 0.617. The molecule has 0 heterocycles. The Hall–Kier alpha value is -11.3. The Bertz CT molecular complexity index is 4700. The van der Waals surface area contributed by atoms with E-state index in [2.05, 4.69) is 293 Å². The minimum atomic E-state index is -0.0583. The Morgan fingerprint density at radius 2 is 0.333 bits per heavy atom. The third kappa shape index (κ3) is 13.7. The van der Waals surface area contributed by atoms with E-state index in [9.17, 15) is 10.2 Å². The minimum Gasteiger partial charge on any atom is -0.508 e. The van der Waals surface area contributed by atoms with Crippen LogP contribution in [0.25, 0.3) is 145 Å². The van der Waals surface area contributed by atoms with Crippen LogP contribution in [0, 0.1) is 0 Å². The van der Waals surface area contributed by atoms with Gasteiger partial charge in [-0.25, -0.2) is 0 Å². The number of aromatic hydroxyl groups is 2. The van der Waals surface area contributed by atoms with Crippen LogP contribution in [-0.4, -0.2) is 10.2 Å². The molecule has 0 amide bonds. The van der Waals surface area contributed by atoms with E-state index in [1.54, 1.807) is 24.3 Å². The Morgan fingerprint density at radius 1 is 0.182 bits per heavy atom. The molecule has 2 nitrogen and oxygen atoms in total. The molecule has 14 aromatic carbocycles. The number of unbranched alkanes of at least 4 members (excludes halogenated alkanes) is 6. The highest BCUT2D eigenvalue weighted by molar-refractivity contribution is 5.88. The fourth-order valence-corrected chi connectivity index (χ4v) is 15.1. The van der Waals surface area contributed by atoms with Crippen LogP contribution in [0.5, 0.6) is 11.5 Å². The molecular weight excluding hydrogens is 1200 g/mol. The van der Waals surface area contributed by atoms with Crippen molar-refractivity contribution in [2.24, 2.45) is 0 Å². The first-order valence-corrected chi connectivity index (χ1v) is 35.7. The Labute approximate surface area is 585 Å². The first kappa shape index (κ1) is 63.7. The molecule has 15 rings (SSSR count). The van der Waals surface area contributed by atoms with Crippen LogP contribution in [-0.2, 0) is 5.41 Å². The van der Waals surface area contributed by atoms with Crippen LogP contribution >= 0.6 is 0 Å². The summed E-state index contributed by atoms with van der Waals surface area (Å²) in [6, 6.07) is 119. The smallest absolute Gasteiger partial charge is 0.115 e. The predicted octanol–water partition coefficient (Wildman–Crippen LogP) is 27.3. The summed E-state index contributed by atoms with van der Waals surface area (Å²) in [6.07, 6.45) is 12.3. The van der Waals surface area contributed by atoms with E-state index in [-0.39, 0.29) is 16.9 Å². The number of phenols is 2. The molecule has 0 bridgehead atoms. The summed E-state index contributed by atoms with van der Waals surface area (Å²) in [5.41, 5.74) is 34.5. The van der Waals surface area contributed by atoms with E-state index in [0.717, 1.165) is 35.1 Å². The van der Waals surface area contributed by atoms with Gasteiger partial charge in [-0.15, -0.1) is 0 Å². The quantitative estimate of drug-likeness (QED) is 0.0664. The topological polar surface area (TPSA) is 40.5 Å². The van der Waals surface area contributed by atoms with Crippen LogP contribution in [0.1, 0.15) is 89.2 Å². The molecular formula is C97H82O2. The summed E-state index contributed by atoms with van der Waals surface area (Å²) >= 11 is 0. The summed E-state index contributed by atoms with van der Waals surface area (Å²) in [5, 5.41) is 19.4. The molecule has 0 atom stereocenters. The zero-order valence-electron chi connectivity index (χ0n) is 56.6. The van der Waals surface area contributed by atoms with E-state index >= 15 is 0 Å². The largest absolute Gasteiger partial charge is 0.508 e. The number of phenolic OH excluding ortho intramolecular Hbond substituents is 2. The monoisotopic (exact) mass is 1280 g/mol. The molecule has 1 aliphatic carbocycles. The van der Waals surface area contributed by atoms with Crippen molar-refractivity contribution in [2.45, 2.75) is 83.5 Å². The second kappa shape index (κ2) is 28.8. The van der Waals surface area contributed by atoms with Gasteiger partial charge in [-0.1, -0.05) is 356 Å². The van der Waals surface area contributed by atoms with Crippen molar-refractivity contribution >= 4 is 0 Å². The highest BCUT2D eigenvalue weighted by Gasteiger charge is 2.42. The molecule has 2 heteroatoms. The van der Waals surface area contributed by atoms with Crippen molar-refractivity contribution < 1.29 is 10.2 Å². The maximum Gasteiger partial charge on any atom is 0.115 e.